The monoisotopic (exact) mass is 266 g/mol. The van der Waals surface area contributed by atoms with Crippen molar-refractivity contribution in [1.82, 2.24) is 0 Å². The van der Waals surface area contributed by atoms with Crippen LogP contribution < -0.4 is 0 Å². The van der Waals surface area contributed by atoms with Crippen molar-refractivity contribution in [1.29, 1.82) is 0 Å². The number of rotatable bonds is 3. The van der Waals surface area contributed by atoms with Crippen molar-refractivity contribution in [2.24, 2.45) is 0 Å². The maximum absolute atomic E-state index is 14.0. The molecule has 1 aromatic carbocycles. The molecule has 2 rings (SSSR count). The van der Waals surface area contributed by atoms with Crippen LogP contribution in [0, 0.1) is 0 Å². The Balaban J connectivity index is 2.60. The van der Waals surface area contributed by atoms with Crippen molar-refractivity contribution in [2.45, 2.75) is 12.0 Å². The van der Waals surface area contributed by atoms with Crippen LogP contribution in [0.25, 0.3) is 5.57 Å². The Kier molecular flexibility index (Phi) is 3.59. The first-order chi connectivity index (χ1) is 9.01. The van der Waals surface area contributed by atoms with Gasteiger partial charge in [-0.25, -0.2) is 8.78 Å². The molecule has 1 aromatic rings. The Morgan fingerprint density at radius 1 is 1.37 bits per heavy atom. The van der Waals surface area contributed by atoms with E-state index in [2.05, 4.69) is 4.74 Å². The SMILES string of the molecule is COC1C(F)=C(C=O)C(c2ccccc2)=CC1(O)F. The molecule has 100 valence electrons. The van der Waals surface area contributed by atoms with E-state index in [0.29, 0.717) is 5.56 Å². The number of ether oxygens (including phenoxy) is 1. The minimum Gasteiger partial charge on any atom is -0.368 e. The van der Waals surface area contributed by atoms with Crippen molar-refractivity contribution in [2.75, 3.05) is 7.11 Å². The summed E-state index contributed by atoms with van der Waals surface area (Å²) in [6, 6.07) is 8.23. The third kappa shape index (κ3) is 2.34. The van der Waals surface area contributed by atoms with Crippen LogP contribution in [0.4, 0.5) is 8.78 Å². The molecule has 0 aliphatic heterocycles. The molecule has 5 heteroatoms. The van der Waals surface area contributed by atoms with E-state index in [-0.39, 0.29) is 17.4 Å². The second-order valence-corrected chi connectivity index (χ2v) is 4.15. The van der Waals surface area contributed by atoms with Crippen LogP contribution in [0.2, 0.25) is 0 Å². The lowest BCUT2D eigenvalue weighted by Gasteiger charge is -2.30. The van der Waals surface area contributed by atoms with Crippen molar-refractivity contribution >= 4 is 11.9 Å². The second kappa shape index (κ2) is 5.03. The quantitative estimate of drug-likeness (QED) is 0.853. The summed E-state index contributed by atoms with van der Waals surface area (Å²) >= 11 is 0. The van der Waals surface area contributed by atoms with Gasteiger partial charge in [0.05, 0.1) is 5.57 Å². The van der Waals surface area contributed by atoms with E-state index in [1.54, 1.807) is 30.3 Å². The second-order valence-electron chi connectivity index (χ2n) is 4.15. The number of alkyl halides is 1. The third-order valence-corrected chi connectivity index (χ3v) is 2.93. The average Bonchev–Trinajstić information content (AvgIpc) is 2.39. The number of allylic oxidation sites excluding steroid dienone is 2. The molecule has 2 atom stereocenters. The molecule has 2 unspecified atom stereocenters. The number of aliphatic hydroxyl groups is 1. The van der Waals surface area contributed by atoms with Crippen LogP contribution in [-0.2, 0) is 9.53 Å². The summed E-state index contributed by atoms with van der Waals surface area (Å²) in [6.45, 7) is 0. The van der Waals surface area contributed by atoms with E-state index in [0.717, 1.165) is 13.2 Å². The van der Waals surface area contributed by atoms with Crippen molar-refractivity contribution in [3.8, 4) is 0 Å². The van der Waals surface area contributed by atoms with Gasteiger partial charge >= 0.3 is 0 Å². The minimum atomic E-state index is -3.00. The van der Waals surface area contributed by atoms with Crippen LogP contribution in [0.1, 0.15) is 5.56 Å². The third-order valence-electron chi connectivity index (χ3n) is 2.93. The van der Waals surface area contributed by atoms with Gasteiger partial charge in [0.2, 0.25) is 0 Å². The zero-order valence-electron chi connectivity index (χ0n) is 10.1. The summed E-state index contributed by atoms with van der Waals surface area (Å²) in [7, 11) is 1.05. The highest BCUT2D eigenvalue weighted by molar-refractivity contribution is 6.00. The molecule has 0 aromatic heterocycles. The Morgan fingerprint density at radius 3 is 2.53 bits per heavy atom. The predicted octanol–water partition coefficient (Wildman–Crippen LogP) is 2.18. The van der Waals surface area contributed by atoms with Gasteiger partial charge in [-0.3, -0.25) is 4.79 Å². The molecule has 0 saturated heterocycles. The van der Waals surface area contributed by atoms with Gasteiger partial charge in [-0.15, -0.1) is 0 Å². The predicted molar refractivity (Wildman–Crippen MR) is 65.5 cm³/mol. The fourth-order valence-corrected chi connectivity index (χ4v) is 2.05. The molecule has 1 N–H and O–H groups in total. The lowest BCUT2D eigenvalue weighted by Crippen LogP contribution is -2.41. The summed E-state index contributed by atoms with van der Waals surface area (Å²) < 4.78 is 32.6. The number of carbonyl (C=O) groups excluding carboxylic acids is 1. The number of carbonyl (C=O) groups is 1. The normalized spacial score (nSPS) is 27.2. The summed E-state index contributed by atoms with van der Waals surface area (Å²) in [5.74, 6) is -4.12. The molecule has 0 radical (unpaired) electrons. The molecule has 3 nitrogen and oxygen atoms in total. The molecule has 0 fully saturated rings. The van der Waals surface area contributed by atoms with Gasteiger partial charge in [-0.05, 0) is 17.2 Å². The van der Waals surface area contributed by atoms with Gasteiger partial charge in [0.15, 0.2) is 12.4 Å². The van der Waals surface area contributed by atoms with E-state index >= 15 is 0 Å². The summed E-state index contributed by atoms with van der Waals surface area (Å²) in [5, 5.41) is 9.59. The fraction of sp³-hybridized carbons (Fsp3) is 0.214. The van der Waals surface area contributed by atoms with Crippen molar-refractivity contribution < 1.29 is 23.4 Å². The van der Waals surface area contributed by atoms with Crippen LogP contribution >= 0.6 is 0 Å². The molecule has 0 amide bonds. The van der Waals surface area contributed by atoms with Gasteiger partial charge in [0, 0.05) is 7.11 Å². The smallest absolute Gasteiger partial charge is 0.259 e. The number of halogens is 2. The fourth-order valence-electron chi connectivity index (χ4n) is 2.05. The number of methoxy groups -OCH3 is 1. The summed E-state index contributed by atoms with van der Waals surface area (Å²) in [6.07, 6.45) is -0.751. The number of hydrogen-bond donors (Lipinski definition) is 1. The number of benzene rings is 1. The Morgan fingerprint density at radius 2 is 2.00 bits per heavy atom. The lowest BCUT2D eigenvalue weighted by atomic mass is 9.88. The molecule has 19 heavy (non-hydrogen) atoms. The molecule has 1 aliphatic rings. The first-order valence-electron chi connectivity index (χ1n) is 5.59. The average molecular weight is 266 g/mol. The Labute approximate surface area is 108 Å². The summed E-state index contributed by atoms with van der Waals surface area (Å²) in [4.78, 5) is 11.0. The molecule has 0 spiro atoms. The zero-order valence-corrected chi connectivity index (χ0v) is 10.1. The van der Waals surface area contributed by atoms with Gasteiger partial charge in [0.25, 0.3) is 5.85 Å². The highest BCUT2D eigenvalue weighted by Crippen LogP contribution is 2.38. The van der Waals surface area contributed by atoms with E-state index < -0.39 is 17.8 Å². The lowest BCUT2D eigenvalue weighted by molar-refractivity contribution is -0.137. The van der Waals surface area contributed by atoms with Gasteiger partial charge in [0.1, 0.15) is 5.83 Å². The summed E-state index contributed by atoms with van der Waals surface area (Å²) in [5.41, 5.74) is 0.122. The maximum atomic E-state index is 14.0. The molecule has 0 heterocycles. The van der Waals surface area contributed by atoms with E-state index in [1.165, 1.54) is 0 Å². The Bertz CT molecular complexity index is 547. The Hall–Kier alpha value is -1.85. The number of hydrogen-bond acceptors (Lipinski definition) is 3. The minimum absolute atomic E-state index is 0.00593. The van der Waals surface area contributed by atoms with Gasteiger partial charge < -0.3 is 9.84 Å². The molecule has 0 saturated carbocycles. The van der Waals surface area contributed by atoms with Crippen LogP contribution in [0.15, 0.2) is 47.8 Å². The first-order valence-corrected chi connectivity index (χ1v) is 5.59. The molecule has 1 aliphatic carbocycles. The first kappa shape index (κ1) is 13.6. The highest BCUT2D eigenvalue weighted by atomic mass is 19.2. The highest BCUT2D eigenvalue weighted by Gasteiger charge is 2.44. The molecular formula is C14H12F2O3. The van der Waals surface area contributed by atoms with Gasteiger partial charge in [-0.2, -0.15) is 0 Å². The van der Waals surface area contributed by atoms with Crippen LogP contribution in [0.5, 0.6) is 0 Å². The van der Waals surface area contributed by atoms with E-state index in [1.807, 2.05) is 0 Å². The van der Waals surface area contributed by atoms with E-state index in [4.69, 9.17) is 0 Å². The largest absolute Gasteiger partial charge is 0.368 e. The number of aldehydes is 1. The van der Waals surface area contributed by atoms with Gasteiger partial charge in [-0.1, -0.05) is 30.3 Å². The molecular weight excluding hydrogens is 254 g/mol. The zero-order chi connectivity index (χ0) is 14.0. The standard InChI is InChI=1S/C14H12F2O3/c1-19-13-12(15)11(8-17)10(7-14(13,16)18)9-5-3-2-4-6-9/h2-8,13,18H,1H3. The van der Waals surface area contributed by atoms with Crippen molar-refractivity contribution in [3.05, 3.63) is 53.4 Å². The topological polar surface area (TPSA) is 46.5 Å². The van der Waals surface area contributed by atoms with Crippen LogP contribution in [0.3, 0.4) is 0 Å². The van der Waals surface area contributed by atoms with Crippen LogP contribution in [-0.4, -0.2) is 30.5 Å². The maximum Gasteiger partial charge on any atom is 0.259 e. The molecule has 0 bridgehead atoms. The van der Waals surface area contributed by atoms with Crippen molar-refractivity contribution in [3.63, 3.8) is 0 Å². The van der Waals surface area contributed by atoms with E-state index in [9.17, 15) is 18.7 Å².